The van der Waals surface area contributed by atoms with Crippen LogP contribution in [0.5, 0.6) is 0 Å². The molecule has 1 aliphatic carbocycles. The first kappa shape index (κ1) is 13.8. The number of aryl methyl sites for hydroxylation is 1. The van der Waals surface area contributed by atoms with Crippen molar-refractivity contribution in [1.29, 1.82) is 0 Å². The van der Waals surface area contributed by atoms with Gasteiger partial charge in [0.05, 0.1) is 25.1 Å². The lowest BCUT2D eigenvalue weighted by Gasteiger charge is -2.38. The molecule has 0 amide bonds. The first-order valence-electron chi connectivity index (χ1n) is 7.78. The van der Waals surface area contributed by atoms with Crippen molar-refractivity contribution in [3.05, 3.63) is 23.5 Å². The number of rotatable bonds is 2. The van der Waals surface area contributed by atoms with Crippen LogP contribution in [0.3, 0.4) is 0 Å². The molecule has 20 heavy (non-hydrogen) atoms. The van der Waals surface area contributed by atoms with Gasteiger partial charge in [0.2, 0.25) is 0 Å². The molecule has 3 rings (SSSR count). The monoisotopic (exact) mass is 275 g/mol. The van der Waals surface area contributed by atoms with Crippen LogP contribution in [0.1, 0.15) is 42.9 Å². The first-order valence-corrected chi connectivity index (χ1v) is 7.78. The zero-order valence-corrected chi connectivity index (χ0v) is 12.3. The van der Waals surface area contributed by atoms with E-state index in [2.05, 4.69) is 22.9 Å². The second-order valence-corrected chi connectivity index (χ2v) is 6.12. The number of nitrogen functional groups attached to an aromatic ring is 1. The number of pyridine rings is 1. The SMILES string of the molecule is Cc1cc(N)cnc1[C@H]1CC[C@H](N2CCOCC2)CC1. The molecule has 2 fully saturated rings. The molecule has 0 aromatic carbocycles. The molecule has 1 aliphatic heterocycles. The molecule has 0 radical (unpaired) electrons. The maximum absolute atomic E-state index is 5.80. The Balaban J connectivity index is 1.60. The fourth-order valence-electron chi connectivity index (χ4n) is 3.69. The minimum Gasteiger partial charge on any atom is -0.397 e. The molecule has 0 bridgehead atoms. The Morgan fingerprint density at radius 1 is 1.20 bits per heavy atom. The summed E-state index contributed by atoms with van der Waals surface area (Å²) in [5.74, 6) is 0.618. The number of morpholine rings is 1. The number of ether oxygens (including phenoxy) is 1. The number of hydrogen-bond donors (Lipinski definition) is 1. The summed E-state index contributed by atoms with van der Waals surface area (Å²) in [7, 11) is 0. The minimum absolute atomic E-state index is 0.618. The van der Waals surface area contributed by atoms with Crippen molar-refractivity contribution in [1.82, 2.24) is 9.88 Å². The van der Waals surface area contributed by atoms with Gasteiger partial charge in [0.1, 0.15) is 0 Å². The Morgan fingerprint density at radius 2 is 1.90 bits per heavy atom. The van der Waals surface area contributed by atoms with Crippen molar-refractivity contribution in [2.24, 2.45) is 0 Å². The van der Waals surface area contributed by atoms with Gasteiger partial charge in [-0.1, -0.05) is 0 Å². The zero-order valence-electron chi connectivity index (χ0n) is 12.3. The number of nitrogens with zero attached hydrogens (tertiary/aromatic N) is 2. The molecule has 4 nitrogen and oxygen atoms in total. The number of nitrogens with two attached hydrogens (primary N) is 1. The molecule has 2 N–H and O–H groups in total. The highest BCUT2D eigenvalue weighted by Crippen LogP contribution is 2.35. The van der Waals surface area contributed by atoms with E-state index in [-0.39, 0.29) is 0 Å². The lowest BCUT2D eigenvalue weighted by molar-refractivity contribution is 0.00720. The molecule has 1 aromatic rings. The van der Waals surface area contributed by atoms with Crippen molar-refractivity contribution < 1.29 is 4.74 Å². The van der Waals surface area contributed by atoms with Gasteiger partial charge >= 0.3 is 0 Å². The van der Waals surface area contributed by atoms with Gasteiger partial charge in [-0.3, -0.25) is 9.88 Å². The maximum Gasteiger partial charge on any atom is 0.0594 e. The summed E-state index contributed by atoms with van der Waals surface area (Å²) >= 11 is 0. The predicted octanol–water partition coefficient (Wildman–Crippen LogP) is 2.33. The lowest BCUT2D eigenvalue weighted by Crippen LogP contribution is -2.44. The van der Waals surface area contributed by atoms with Crippen molar-refractivity contribution in [3.63, 3.8) is 0 Å². The standard InChI is InChI=1S/C16H25N3O/c1-12-10-14(17)11-18-16(12)13-2-4-15(5-3-13)19-6-8-20-9-7-19/h10-11,13,15H,2-9,17H2,1H3/t13-,15-. The zero-order chi connectivity index (χ0) is 13.9. The van der Waals surface area contributed by atoms with Gasteiger partial charge < -0.3 is 10.5 Å². The Labute approximate surface area is 121 Å². The first-order chi connectivity index (χ1) is 9.74. The number of hydrogen-bond acceptors (Lipinski definition) is 4. The van der Waals surface area contributed by atoms with Crippen molar-refractivity contribution in [2.45, 2.75) is 44.6 Å². The third-order valence-electron chi connectivity index (χ3n) is 4.79. The summed E-state index contributed by atoms with van der Waals surface area (Å²) in [5.41, 5.74) is 9.08. The summed E-state index contributed by atoms with van der Waals surface area (Å²) < 4.78 is 5.44. The van der Waals surface area contributed by atoms with Crippen LogP contribution in [0.2, 0.25) is 0 Å². The largest absolute Gasteiger partial charge is 0.397 e. The van der Waals surface area contributed by atoms with Gasteiger partial charge in [0.15, 0.2) is 0 Å². The highest BCUT2D eigenvalue weighted by molar-refractivity contribution is 5.40. The second-order valence-electron chi connectivity index (χ2n) is 6.12. The van der Waals surface area contributed by atoms with Gasteiger partial charge in [0, 0.05) is 30.7 Å². The molecular formula is C16H25N3O. The van der Waals surface area contributed by atoms with E-state index < -0.39 is 0 Å². The molecule has 4 heteroatoms. The smallest absolute Gasteiger partial charge is 0.0594 e. The lowest BCUT2D eigenvalue weighted by atomic mass is 9.82. The third-order valence-corrected chi connectivity index (χ3v) is 4.79. The quantitative estimate of drug-likeness (QED) is 0.900. The summed E-state index contributed by atoms with van der Waals surface area (Å²) in [6.07, 6.45) is 6.88. The Hall–Kier alpha value is -1.13. The number of anilines is 1. The van der Waals surface area contributed by atoms with Gasteiger partial charge in [-0.2, -0.15) is 0 Å². The highest BCUT2D eigenvalue weighted by Gasteiger charge is 2.28. The van der Waals surface area contributed by atoms with Crippen LogP contribution in [0.25, 0.3) is 0 Å². The normalized spacial score (nSPS) is 28.4. The van der Waals surface area contributed by atoms with Crippen LogP contribution < -0.4 is 5.73 Å². The fourth-order valence-corrected chi connectivity index (χ4v) is 3.69. The van der Waals surface area contributed by atoms with Crippen molar-refractivity contribution in [3.8, 4) is 0 Å². The molecular weight excluding hydrogens is 250 g/mol. The highest BCUT2D eigenvalue weighted by atomic mass is 16.5. The molecule has 110 valence electrons. The average molecular weight is 275 g/mol. The minimum atomic E-state index is 0.618. The molecule has 1 aromatic heterocycles. The van der Waals surface area contributed by atoms with Crippen molar-refractivity contribution >= 4 is 5.69 Å². The maximum atomic E-state index is 5.80. The van der Waals surface area contributed by atoms with Crippen LogP contribution >= 0.6 is 0 Å². The van der Waals surface area contributed by atoms with E-state index in [4.69, 9.17) is 10.5 Å². The summed E-state index contributed by atoms with van der Waals surface area (Å²) in [4.78, 5) is 7.19. The van der Waals surface area contributed by atoms with E-state index in [1.807, 2.05) is 0 Å². The van der Waals surface area contributed by atoms with Crippen LogP contribution in [0.15, 0.2) is 12.3 Å². The van der Waals surface area contributed by atoms with E-state index in [1.165, 1.54) is 36.9 Å². The fraction of sp³-hybridized carbons (Fsp3) is 0.688. The summed E-state index contributed by atoms with van der Waals surface area (Å²) in [6, 6.07) is 2.81. The molecule has 1 saturated heterocycles. The average Bonchev–Trinajstić information content (AvgIpc) is 2.48. The molecule has 0 unspecified atom stereocenters. The van der Waals surface area contributed by atoms with Gasteiger partial charge in [-0.15, -0.1) is 0 Å². The van der Waals surface area contributed by atoms with Gasteiger partial charge in [-0.25, -0.2) is 0 Å². The van der Waals surface area contributed by atoms with Crippen LogP contribution in [0, 0.1) is 6.92 Å². The molecule has 0 spiro atoms. The van der Waals surface area contributed by atoms with E-state index in [9.17, 15) is 0 Å². The summed E-state index contributed by atoms with van der Waals surface area (Å²) in [6.45, 7) is 6.15. The predicted molar refractivity (Wildman–Crippen MR) is 80.8 cm³/mol. The van der Waals surface area contributed by atoms with Crippen molar-refractivity contribution in [2.75, 3.05) is 32.0 Å². The van der Waals surface area contributed by atoms with E-state index in [1.54, 1.807) is 6.20 Å². The van der Waals surface area contributed by atoms with Gasteiger partial charge in [-0.05, 0) is 44.2 Å². The Morgan fingerprint density at radius 3 is 2.55 bits per heavy atom. The van der Waals surface area contributed by atoms with E-state index in [0.29, 0.717) is 5.92 Å². The molecule has 2 aliphatic rings. The molecule has 1 saturated carbocycles. The Bertz CT molecular complexity index is 449. The molecule has 0 atom stereocenters. The van der Waals surface area contributed by atoms with Crippen LogP contribution in [0.4, 0.5) is 5.69 Å². The number of aromatic nitrogens is 1. The van der Waals surface area contributed by atoms with E-state index in [0.717, 1.165) is 38.0 Å². The van der Waals surface area contributed by atoms with Crippen LogP contribution in [-0.4, -0.2) is 42.2 Å². The molecule has 2 heterocycles. The third kappa shape index (κ3) is 2.96. The van der Waals surface area contributed by atoms with Crippen LogP contribution in [-0.2, 0) is 4.74 Å². The topological polar surface area (TPSA) is 51.4 Å². The second kappa shape index (κ2) is 6.10. The van der Waals surface area contributed by atoms with E-state index >= 15 is 0 Å². The summed E-state index contributed by atoms with van der Waals surface area (Å²) in [5, 5.41) is 0. The van der Waals surface area contributed by atoms with Gasteiger partial charge in [0.25, 0.3) is 0 Å². The Kier molecular flexibility index (Phi) is 4.22.